The van der Waals surface area contributed by atoms with Gasteiger partial charge in [0.1, 0.15) is 0 Å². The minimum absolute atomic E-state index is 0.518. The second kappa shape index (κ2) is 15.4. The van der Waals surface area contributed by atoms with Crippen molar-refractivity contribution in [2.75, 3.05) is 52.4 Å². The van der Waals surface area contributed by atoms with Crippen molar-refractivity contribution in [1.29, 1.82) is 0 Å². The molecule has 0 aromatic rings. The first-order chi connectivity index (χ1) is 11.6. The van der Waals surface area contributed by atoms with Crippen LogP contribution in [0.2, 0.25) is 0 Å². The highest BCUT2D eigenvalue weighted by Crippen LogP contribution is 1.93. The highest BCUT2D eigenvalue weighted by atomic mass is 16.2. The van der Waals surface area contributed by atoms with Gasteiger partial charge < -0.3 is 20.4 Å². The molecule has 24 heavy (non-hydrogen) atoms. The molecule has 0 aliphatic rings. The molecule has 0 spiro atoms. The van der Waals surface area contributed by atoms with E-state index in [0.29, 0.717) is 13.1 Å². The SMILES string of the molecule is CCCN(CCC)CCNC(=O)C(=O)NCCN(CCC)CCC. The topological polar surface area (TPSA) is 64.7 Å². The van der Waals surface area contributed by atoms with Crippen molar-refractivity contribution in [3.05, 3.63) is 0 Å². The monoisotopic (exact) mass is 342 g/mol. The van der Waals surface area contributed by atoms with Crippen LogP contribution in [0, 0.1) is 0 Å². The van der Waals surface area contributed by atoms with Crippen LogP contribution in [0.25, 0.3) is 0 Å². The van der Waals surface area contributed by atoms with E-state index in [1.54, 1.807) is 0 Å². The Morgan fingerprint density at radius 1 is 0.583 bits per heavy atom. The fourth-order valence-corrected chi connectivity index (χ4v) is 2.75. The Labute approximate surface area is 148 Å². The van der Waals surface area contributed by atoms with Crippen LogP contribution in [0.15, 0.2) is 0 Å². The van der Waals surface area contributed by atoms with E-state index in [2.05, 4.69) is 48.1 Å². The van der Waals surface area contributed by atoms with Crippen molar-refractivity contribution in [3.63, 3.8) is 0 Å². The molecule has 6 heteroatoms. The minimum Gasteiger partial charge on any atom is -0.347 e. The fourth-order valence-electron chi connectivity index (χ4n) is 2.75. The molecule has 0 aliphatic heterocycles. The number of amides is 2. The normalized spacial score (nSPS) is 11.1. The number of nitrogens with one attached hydrogen (secondary N) is 2. The van der Waals surface area contributed by atoms with Crippen LogP contribution in [-0.4, -0.2) is 74.0 Å². The summed E-state index contributed by atoms with van der Waals surface area (Å²) in [5.74, 6) is -1.05. The second-order valence-corrected chi connectivity index (χ2v) is 6.20. The second-order valence-electron chi connectivity index (χ2n) is 6.20. The standard InChI is InChI=1S/C18H38N4O2/c1-5-11-21(12-6-2)15-9-19-17(23)18(24)20-10-16-22(13-7-3)14-8-4/h5-16H2,1-4H3,(H,19,23)(H,20,24). The Balaban J connectivity index is 3.95. The third-order valence-corrected chi connectivity index (χ3v) is 3.79. The van der Waals surface area contributed by atoms with Crippen molar-refractivity contribution < 1.29 is 9.59 Å². The molecular formula is C18H38N4O2. The maximum Gasteiger partial charge on any atom is 0.309 e. The average molecular weight is 343 g/mol. The van der Waals surface area contributed by atoms with E-state index in [1.807, 2.05) is 0 Å². The summed E-state index contributed by atoms with van der Waals surface area (Å²) in [4.78, 5) is 28.2. The lowest BCUT2D eigenvalue weighted by molar-refractivity contribution is -0.139. The maximum atomic E-state index is 11.8. The summed E-state index contributed by atoms with van der Waals surface area (Å²) >= 11 is 0. The Hall–Kier alpha value is -1.14. The third-order valence-electron chi connectivity index (χ3n) is 3.79. The lowest BCUT2D eigenvalue weighted by atomic mass is 10.3. The van der Waals surface area contributed by atoms with Gasteiger partial charge >= 0.3 is 11.8 Å². The van der Waals surface area contributed by atoms with Crippen molar-refractivity contribution in [1.82, 2.24) is 20.4 Å². The van der Waals surface area contributed by atoms with Crippen molar-refractivity contribution >= 4 is 11.8 Å². The number of nitrogens with zero attached hydrogens (tertiary/aromatic N) is 2. The molecule has 6 nitrogen and oxygen atoms in total. The third kappa shape index (κ3) is 11.4. The summed E-state index contributed by atoms with van der Waals surface area (Å²) in [6.45, 7) is 15.3. The van der Waals surface area contributed by atoms with Crippen LogP contribution in [0.4, 0.5) is 0 Å². The lowest BCUT2D eigenvalue weighted by Gasteiger charge is -2.21. The van der Waals surface area contributed by atoms with E-state index < -0.39 is 11.8 Å². The Morgan fingerprint density at radius 3 is 1.12 bits per heavy atom. The Kier molecular flexibility index (Phi) is 14.7. The van der Waals surface area contributed by atoms with E-state index in [0.717, 1.165) is 65.0 Å². The molecule has 2 amide bonds. The van der Waals surface area contributed by atoms with Crippen LogP contribution < -0.4 is 10.6 Å². The van der Waals surface area contributed by atoms with Gasteiger partial charge in [-0.15, -0.1) is 0 Å². The van der Waals surface area contributed by atoms with E-state index in [1.165, 1.54) is 0 Å². The molecule has 0 heterocycles. The van der Waals surface area contributed by atoms with Gasteiger partial charge in [-0.05, 0) is 51.9 Å². The van der Waals surface area contributed by atoms with E-state index in [-0.39, 0.29) is 0 Å². The molecule has 0 fully saturated rings. The van der Waals surface area contributed by atoms with E-state index in [4.69, 9.17) is 0 Å². The number of rotatable bonds is 14. The summed E-state index contributed by atoms with van der Waals surface area (Å²) in [7, 11) is 0. The minimum atomic E-state index is -0.527. The maximum absolute atomic E-state index is 11.8. The van der Waals surface area contributed by atoms with Gasteiger partial charge in [-0.25, -0.2) is 0 Å². The first-order valence-electron chi connectivity index (χ1n) is 9.59. The first-order valence-corrected chi connectivity index (χ1v) is 9.59. The summed E-state index contributed by atoms with van der Waals surface area (Å²) in [6, 6.07) is 0. The zero-order chi connectivity index (χ0) is 18.2. The summed E-state index contributed by atoms with van der Waals surface area (Å²) in [5.41, 5.74) is 0. The zero-order valence-electron chi connectivity index (χ0n) is 16.2. The molecule has 0 radical (unpaired) electrons. The molecule has 142 valence electrons. The summed E-state index contributed by atoms with van der Waals surface area (Å²) in [6.07, 6.45) is 4.39. The molecule has 0 rings (SSSR count). The predicted molar refractivity (Wildman–Crippen MR) is 100 cm³/mol. The van der Waals surface area contributed by atoms with Gasteiger partial charge in [0.2, 0.25) is 0 Å². The quantitative estimate of drug-likeness (QED) is 0.469. The van der Waals surface area contributed by atoms with Crippen molar-refractivity contribution in [3.8, 4) is 0 Å². The molecular weight excluding hydrogens is 304 g/mol. The van der Waals surface area contributed by atoms with Crippen LogP contribution in [0.3, 0.4) is 0 Å². The summed E-state index contributed by atoms with van der Waals surface area (Å²) < 4.78 is 0. The Bertz CT molecular complexity index is 293. The fraction of sp³-hybridized carbons (Fsp3) is 0.889. The van der Waals surface area contributed by atoms with Crippen LogP contribution in [-0.2, 0) is 9.59 Å². The van der Waals surface area contributed by atoms with E-state index >= 15 is 0 Å². The molecule has 0 aromatic carbocycles. The molecule has 0 saturated carbocycles. The van der Waals surface area contributed by atoms with Crippen LogP contribution in [0.1, 0.15) is 53.4 Å². The van der Waals surface area contributed by atoms with Gasteiger partial charge in [-0.1, -0.05) is 27.7 Å². The molecule has 0 aromatic heterocycles. The molecule has 0 bridgehead atoms. The predicted octanol–water partition coefficient (Wildman–Crippen LogP) is 1.46. The van der Waals surface area contributed by atoms with Gasteiger partial charge in [0, 0.05) is 26.2 Å². The molecule has 0 aliphatic carbocycles. The van der Waals surface area contributed by atoms with Crippen LogP contribution in [0.5, 0.6) is 0 Å². The van der Waals surface area contributed by atoms with Crippen molar-refractivity contribution in [2.24, 2.45) is 0 Å². The number of carbonyl (C=O) groups is 2. The van der Waals surface area contributed by atoms with Gasteiger partial charge in [-0.3, -0.25) is 9.59 Å². The largest absolute Gasteiger partial charge is 0.347 e. The van der Waals surface area contributed by atoms with Crippen LogP contribution >= 0.6 is 0 Å². The van der Waals surface area contributed by atoms with Crippen molar-refractivity contribution in [2.45, 2.75) is 53.4 Å². The van der Waals surface area contributed by atoms with E-state index in [9.17, 15) is 9.59 Å². The average Bonchev–Trinajstić information content (AvgIpc) is 2.55. The molecule has 0 unspecified atom stereocenters. The highest BCUT2D eigenvalue weighted by Gasteiger charge is 2.13. The van der Waals surface area contributed by atoms with Gasteiger partial charge in [0.25, 0.3) is 0 Å². The first kappa shape index (κ1) is 22.9. The Morgan fingerprint density at radius 2 is 0.875 bits per heavy atom. The number of hydrogen-bond acceptors (Lipinski definition) is 4. The number of hydrogen-bond donors (Lipinski definition) is 2. The molecule has 2 N–H and O–H groups in total. The number of carbonyl (C=O) groups excluding carboxylic acids is 2. The highest BCUT2D eigenvalue weighted by molar-refractivity contribution is 6.35. The van der Waals surface area contributed by atoms with Gasteiger partial charge in [0.15, 0.2) is 0 Å². The van der Waals surface area contributed by atoms with Gasteiger partial charge in [0.05, 0.1) is 0 Å². The molecule has 0 saturated heterocycles. The zero-order valence-corrected chi connectivity index (χ0v) is 16.2. The smallest absolute Gasteiger partial charge is 0.309 e. The molecule has 0 atom stereocenters. The van der Waals surface area contributed by atoms with Gasteiger partial charge in [-0.2, -0.15) is 0 Å². The lowest BCUT2D eigenvalue weighted by Crippen LogP contribution is -2.45. The summed E-state index contributed by atoms with van der Waals surface area (Å²) in [5, 5.41) is 5.42.